The van der Waals surface area contributed by atoms with E-state index in [0.717, 1.165) is 22.5 Å². The maximum absolute atomic E-state index is 4.83. The van der Waals surface area contributed by atoms with Gasteiger partial charge in [-0.15, -0.1) is 0 Å². The van der Waals surface area contributed by atoms with E-state index < -0.39 is 0 Å². The second-order valence-corrected chi connectivity index (χ2v) is 6.35. The van der Waals surface area contributed by atoms with E-state index in [1.54, 1.807) is 24.8 Å². The van der Waals surface area contributed by atoms with Crippen molar-refractivity contribution in [3.05, 3.63) is 66.7 Å². The molecule has 3 heteroatoms. The van der Waals surface area contributed by atoms with Crippen LogP contribution in [0.3, 0.4) is 0 Å². The Morgan fingerprint density at radius 1 is 0.682 bits per heavy atom. The fourth-order valence-electron chi connectivity index (χ4n) is 2.30. The quantitative estimate of drug-likeness (QED) is 0.697. The fourth-order valence-corrected chi connectivity index (χ4v) is 2.30. The second-order valence-electron chi connectivity index (χ2n) is 6.35. The van der Waals surface area contributed by atoms with Gasteiger partial charge in [0.15, 0.2) is 0 Å². The van der Waals surface area contributed by atoms with Gasteiger partial charge in [0.25, 0.3) is 0 Å². The van der Waals surface area contributed by atoms with E-state index in [9.17, 15) is 0 Å². The van der Waals surface area contributed by atoms with Gasteiger partial charge in [0.05, 0.1) is 11.4 Å². The third-order valence-corrected chi connectivity index (χ3v) is 3.64. The highest BCUT2D eigenvalue weighted by Gasteiger charge is 2.17. The van der Waals surface area contributed by atoms with Crippen LogP contribution in [-0.2, 0) is 5.41 Å². The van der Waals surface area contributed by atoms with Crippen molar-refractivity contribution in [2.45, 2.75) is 26.2 Å². The summed E-state index contributed by atoms with van der Waals surface area (Å²) in [5, 5.41) is 0. The minimum atomic E-state index is 0.0620. The molecule has 110 valence electrons. The summed E-state index contributed by atoms with van der Waals surface area (Å²) in [6, 6.07) is 12.3. The predicted octanol–water partition coefficient (Wildman–Crippen LogP) is 4.50. The molecule has 0 atom stereocenters. The highest BCUT2D eigenvalue weighted by atomic mass is 14.7. The van der Waals surface area contributed by atoms with E-state index in [1.807, 2.05) is 24.3 Å². The first-order valence-electron chi connectivity index (χ1n) is 7.37. The number of aromatic nitrogens is 3. The van der Waals surface area contributed by atoms with Gasteiger partial charge < -0.3 is 0 Å². The molecule has 3 heterocycles. The van der Waals surface area contributed by atoms with Crippen LogP contribution in [0.2, 0.25) is 0 Å². The number of hydrogen-bond acceptors (Lipinski definition) is 3. The molecule has 0 N–H and O–H groups in total. The van der Waals surface area contributed by atoms with Crippen LogP contribution in [-0.4, -0.2) is 15.0 Å². The molecule has 0 spiro atoms. The van der Waals surface area contributed by atoms with Gasteiger partial charge in [0.2, 0.25) is 0 Å². The molecular weight excluding hydrogens is 270 g/mol. The largest absolute Gasteiger partial charge is 0.265 e. The summed E-state index contributed by atoms with van der Waals surface area (Å²) in [7, 11) is 0. The first kappa shape index (κ1) is 14.4. The van der Waals surface area contributed by atoms with E-state index in [1.165, 1.54) is 5.56 Å². The Kier molecular flexibility index (Phi) is 3.72. The summed E-state index contributed by atoms with van der Waals surface area (Å²) < 4.78 is 0. The number of nitrogens with zero attached hydrogens (tertiary/aromatic N) is 3. The Morgan fingerprint density at radius 3 is 1.45 bits per heavy atom. The second kappa shape index (κ2) is 5.68. The molecule has 3 aromatic rings. The summed E-state index contributed by atoms with van der Waals surface area (Å²) in [6.45, 7) is 6.65. The van der Waals surface area contributed by atoms with Crippen LogP contribution in [0.1, 0.15) is 26.3 Å². The lowest BCUT2D eigenvalue weighted by Gasteiger charge is -2.21. The molecule has 3 nitrogen and oxygen atoms in total. The smallest absolute Gasteiger partial charge is 0.0713 e. The van der Waals surface area contributed by atoms with Crippen LogP contribution in [0, 0.1) is 0 Å². The molecule has 0 radical (unpaired) electrons. The normalized spacial score (nSPS) is 11.4. The molecule has 3 aromatic heterocycles. The maximum Gasteiger partial charge on any atom is 0.0713 e. The molecule has 0 amide bonds. The standard InChI is InChI=1S/C19H19N3/c1-19(2,3)16-12-17(14-4-8-20-9-5-14)22-18(13-16)15-6-10-21-11-7-15/h4-13H,1-3H3. The zero-order valence-electron chi connectivity index (χ0n) is 13.1. The van der Waals surface area contributed by atoms with Crippen LogP contribution in [0.5, 0.6) is 0 Å². The van der Waals surface area contributed by atoms with Gasteiger partial charge in [0.1, 0.15) is 0 Å². The monoisotopic (exact) mass is 289 g/mol. The van der Waals surface area contributed by atoms with Crippen LogP contribution in [0.15, 0.2) is 61.2 Å². The lowest BCUT2D eigenvalue weighted by molar-refractivity contribution is 0.590. The molecule has 0 aromatic carbocycles. The van der Waals surface area contributed by atoms with Gasteiger partial charge in [-0.2, -0.15) is 0 Å². The third kappa shape index (κ3) is 3.03. The fraction of sp³-hybridized carbons (Fsp3) is 0.211. The molecule has 0 aliphatic rings. The van der Waals surface area contributed by atoms with Crippen molar-refractivity contribution >= 4 is 0 Å². The summed E-state index contributed by atoms with van der Waals surface area (Å²) >= 11 is 0. The summed E-state index contributed by atoms with van der Waals surface area (Å²) in [6.07, 6.45) is 7.19. The van der Waals surface area contributed by atoms with Crippen LogP contribution >= 0.6 is 0 Å². The van der Waals surface area contributed by atoms with Gasteiger partial charge in [0, 0.05) is 35.9 Å². The van der Waals surface area contributed by atoms with Crippen molar-refractivity contribution in [3.8, 4) is 22.5 Å². The van der Waals surface area contributed by atoms with Gasteiger partial charge in [-0.25, -0.2) is 4.98 Å². The van der Waals surface area contributed by atoms with Crippen molar-refractivity contribution in [2.75, 3.05) is 0 Å². The highest BCUT2D eigenvalue weighted by Crippen LogP contribution is 2.30. The van der Waals surface area contributed by atoms with Crippen molar-refractivity contribution in [3.63, 3.8) is 0 Å². The molecule has 0 saturated heterocycles. The molecule has 0 saturated carbocycles. The zero-order chi connectivity index (χ0) is 15.6. The highest BCUT2D eigenvalue weighted by molar-refractivity contribution is 5.67. The average Bonchev–Trinajstić information content (AvgIpc) is 2.55. The molecule has 0 aliphatic carbocycles. The van der Waals surface area contributed by atoms with E-state index in [2.05, 4.69) is 42.9 Å². The summed E-state index contributed by atoms with van der Waals surface area (Å²) in [5.41, 5.74) is 5.43. The number of pyridine rings is 3. The Balaban J connectivity index is 2.19. The Labute approximate surface area is 131 Å². The lowest BCUT2D eigenvalue weighted by atomic mass is 9.86. The van der Waals surface area contributed by atoms with E-state index >= 15 is 0 Å². The Hall–Kier alpha value is -2.55. The number of rotatable bonds is 2. The van der Waals surface area contributed by atoms with Gasteiger partial charge in [-0.3, -0.25) is 9.97 Å². The van der Waals surface area contributed by atoms with E-state index in [0.29, 0.717) is 0 Å². The molecule has 0 unspecified atom stereocenters. The van der Waals surface area contributed by atoms with Crippen LogP contribution in [0.4, 0.5) is 0 Å². The third-order valence-electron chi connectivity index (χ3n) is 3.64. The average molecular weight is 289 g/mol. The SMILES string of the molecule is CC(C)(C)c1cc(-c2ccncc2)nc(-c2ccncc2)c1. The molecule has 3 rings (SSSR count). The van der Waals surface area contributed by atoms with Crippen molar-refractivity contribution in [2.24, 2.45) is 0 Å². The van der Waals surface area contributed by atoms with E-state index in [-0.39, 0.29) is 5.41 Å². The van der Waals surface area contributed by atoms with Crippen molar-refractivity contribution in [1.82, 2.24) is 15.0 Å². The summed E-state index contributed by atoms with van der Waals surface area (Å²) in [4.78, 5) is 13.0. The zero-order valence-corrected chi connectivity index (χ0v) is 13.1. The van der Waals surface area contributed by atoms with Crippen molar-refractivity contribution in [1.29, 1.82) is 0 Å². The Bertz CT molecular complexity index is 702. The summed E-state index contributed by atoms with van der Waals surface area (Å²) in [5.74, 6) is 0. The van der Waals surface area contributed by atoms with Crippen molar-refractivity contribution < 1.29 is 0 Å². The number of hydrogen-bond donors (Lipinski definition) is 0. The Morgan fingerprint density at radius 2 is 1.09 bits per heavy atom. The first-order chi connectivity index (χ1) is 10.5. The van der Waals surface area contributed by atoms with E-state index in [4.69, 9.17) is 4.98 Å². The molecule has 0 aliphatic heterocycles. The van der Waals surface area contributed by atoms with Crippen LogP contribution < -0.4 is 0 Å². The minimum Gasteiger partial charge on any atom is -0.265 e. The molecule has 22 heavy (non-hydrogen) atoms. The molecular formula is C19H19N3. The minimum absolute atomic E-state index is 0.0620. The van der Waals surface area contributed by atoms with Gasteiger partial charge >= 0.3 is 0 Å². The topological polar surface area (TPSA) is 38.7 Å². The molecule has 0 bridgehead atoms. The predicted molar refractivity (Wildman–Crippen MR) is 89.4 cm³/mol. The van der Waals surface area contributed by atoms with Gasteiger partial charge in [-0.05, 0) is 47.4 Å². The maximum atomic E-state index is 4.83. The molecule has 0 fully saturated rings. The van der Waals surface area contributed by atoms with Gasteiger partial charge in [-0.1, -0.05) is 20.8 Å². The van der Waals surface area contributed by atoms with Crippen LogP contribution in [0.25, 0.3) is 22.5 Å². The first-order valence-corrected chi connectivity index (χ1v) is 7.37. The lowest BCUT2D eigenvalue weighted by Crippen LogP contribution is -2.12.